The van der Waals surface area contributed by atoms with Gasteiger partial charge in [-0.15, -0.1) is 10.2 Å². The number of anilines is 1. The first-order chi connectivity index (χ1) is 9.33. The number of carbonyl (C=O) groups is 1. The molecule has 2 aromatic rings. The van der Waals surface area contributed by atoms with Crippen LogP contribution in [0.4, 0.5) is 5.69 Å². The molecule has 3 rings (SSSR count). The van der Waals surface area contributed by atoms with Crippen molar-refractivity contribution in [1.29, 1.82) is 0 Å². The van der Waals surface area contributed by atoms with E-state index in [2.05, 4.69) is 25.9 Å². The fourth-order valence-corrected chi connectivity index (χ4v) is 1.72. The number of rotatable bonds is 3. The summed E-state index contributed by atoms with van der Waals surface area (Å²) in [6.45, 7) is 1.20. The molecule has 1 aliphatic rings. The van der Waals surface area contributed by atoms with Gasteiger partial charge in [0.15, 0.2) is 6.29 Å². The molecule has 2 heterocycles. The minimum Gasteiger partial charge on any atom is -0.346 e. The first-order valence-electron chi connectivity index (χ1n) is 5.71. The lowest BCUT2D eigenvalue weighted by Crippen LogP contribution is -2.13. The maximum Gasteiger partial charge on any atom is 0.297 e. The van der Waals surface area contributed by atoms with Gasteiger partial charge < -0.3 is 14.8 Å². The Kier molecular flexibility index (Phi) is 3.17. The molecule has 1 aromatic heterocycles. The molecule has 0 atom stereocenters. The highest BCUT2D eigenvalue weighted by atomic mass is 16.7. The van der Waals surface area contributed by atoms with E-state index < -0.39 is 5.91 Å². The number of carbonyl (C=O) groups excluding carboxylic acids is 1. The van der Waals surface area contributed by atoms with Gasteiger partial charge in [-0.05, 0) is 17.3 Å². The quantitative estimate of drug-likeness (QED) is 0.834. The SMILES string of the molecule is O=C(Nc1ccc(C2OCCO2)cc1)c1nn[nH]n1. The summed E-state index contributed by atoms with van der Waals surface area (Å²) >= 11 is 0. The topological polar surface area (TPSA) is 102 Å². The van der Waals surface area contributed by atoms with Gasteiger partial charge in [-0.1, -0.05) is 12.1 Å². The first-order valence-corrected chi connectivity index (χ1v) is 5.71. The van der Waals surface area contributed by atoms with Crippen molar-refractivity contribution >= 4 is 11.6 Å². The molecule has 98 valence electrons. The number of hydrogen-bond acceptors (Lipinski definition) is 6. The molecule has 2 N–H and O–H groups in total. The average Bonchev–Trinajstić information content (AvgIpc) is 3.13. The zero-order valence-electron chi connectivity index (χ0n) is 9.87. The molecule has 1 amide bonds. The number of nitrogens with zero attached hydrogens (tertiary/aromatic N) is 3. The molecule has 1 fully saturated rings. The predicted molar refractivity (Wildman–Crippen MR) is 63.2 cm³/mol. The Balaban J connectivity index is 1.67. The van der Waals surface area contributed by atoms with Gasteiger partial charge in [0.1, 0.15) is 0 Å². The van der Waals surface area contributed by atoms with Crippen LogP contribution in [0, 0.1) is 0 Å². The Hall–Kier alpha value is -2.32. The molecule has 0 unspecified atom stereocenters. The smallest absolute Gasteiger partial charge is 0.297 e. The van der Waals surface area contributed by atoms with Crippen LogP contribution in [0.3, 0.4) is 0 Å². The lowest BCUT2D eigenvalue weighted by atomic mass is 10.2. The lowest BCUT2D eigenvalue weighted by molar-refractivity contribution is -0.0441. The number of tetrazole rings is 1. The number of aromatic nitrogens is 4. The molecule has 8 nitrogen and oxygen atoms in total. The van der Waals surface area contributed by atoms with E-state index in [1.165, 1.54) is 0 Å². The lowest BCUT2D eigenvalue weighted by Gasteiger charge is -2.10. The van der Waals surface area contributed by atoms with Crippen LogP contribution in [0.2, 0.25) is 0 Å². The highest BCUT2D eigenvalue weighted by Crippen LogP contribution is 2.24. The van der Waals surface area contributed by atoms with Crippen molar-refractivity contribution in [2.24, 2.45) is 0 Å². The summed E-state index contributed by atoms with van der Waals surface area (Å²) in [6, 6.07) is 7.19. The number of ether oxygens (including phenoxy) is 2. The molecule has 19 heavy (non-hydrogen) atoms. The van der Waals surface area contributed by atoms with Crippen LogP contribution in [0.5, 0.6) is 0 Å². The van der Waals surface area contributed by atoms with E-state index >= 15 is 0 Å². The predicted octanol–water partition coefficient (Wildman–Crippen LogP) is 0.497. The summed E-state index contributed by atoms with van der Waals surface area (Å²) in [5, 5.41) is 15.4. The first kappa shape index (κ1) is 11.8. The van der Waals surface area contributed by atoms with Gasteiger partial charge >= 0.3 is 0 Å². The number of nitrogens with one attached hydrogen (secondary N) is 2. The van der Waals surface area contributed by atoms with Crippen molar-refractivity contribution in [2.45, 2.75) is 6.29 Å². The van der Waals surface area contributed by atoms with Gasteiger partial charge in [0.05, 0.1) is 13.2 Å². The van der Waals surface area contributed by atoms with Crippen molar-refractivity contribution in [3.05, 3.63) is 35.7 Å². The van der Waals surface area contributed by atoms with Crippen LogP contribution < -0.4 is 5.32 Å². The summed E-state index contributed by atoms with van der Waals surface area (Å²) in [6.07, 6.45) is -0.318. The molecular formula is C11H11N5O3. The summed E-state index contributed by atoms with van der Waals surface area (Å²) in [5.41, 5.74) is 1.55. The normalized spacial score (nSPS) is 15.6. The van der Waals surface area contributed by atoms with E-state index in [0.29, 0.717) is 18.9 Å². The van der Waals surface area contributed by atoms with Crippen LogP contribution in [0.25, 0.3) is 0 Å². The number of amides is 1. The van der Waals surface area contributed by atoms with Crippen molar-refractivity contribution in [3.8, 4) is 0 Å². The molecule has 1 aromatic carbocycles. The number of hydrogen-bond donors (Lipinski definition) is 2. The number of benzene rings is 1. The van der Waals surface area contributed by atoms with Gasteiger partial charge in [-0.2, -0.15) is 5.21 Å². The van der Waals surface area contributed by atoms with Crippen molar-refractivity contribution in [3.63, 3.8) is 0 Å². The summed E-state index contributed by atoms with van der Waals surface area (Å²) in [7, 11) is 0. The van der Waals surface area contributed by atoms with Crippen molar-refractivity contribution in [1.82, 2.24) is 20.6 Å². The number of H-pyrrole nitrogens is 1. The monoisotopic (exact) mass is 261 g/mol. The van der Waals surface area contributed by atoms with Crippen LogP contribution >= 0.6 is 0 Å². The van der Waals surface area contributed by atoms with Crippen LogP contribution in [0.1, 0.15) is 22.5 Å². The van der Waals surface area contributed by atoms with Gasteiger partial charge in [-0.3, -0.25) is 4.79 Å². The fourth-order valence-electron chi connectivity index (χ4n) is 1.72. The molecule has 0 radical (unpaired) electrons. The highest BCUT2D eigenvalue weighted by Gasteiger charge is 2.18. The van der Waals surface area contributed by atoms with Crippen LogP contribution in [0.15, 0.2) is 24.3 Å². The summed E-state index contributed by atoms with van der Waals surface area (Å²) in [5.74, 6) is -0.429. The second-order valence-electron chi connectivity index (χ2n) is 3.89. The van der Waals surface area contributed by atoms with Gasteiger partial charge in [-0.25, -0.2) is 0 Å². The standard InChI is InChI=1S/C11H11N5O3/c17-10(9-13-15-16-14-9)12-8-3-1-7(2-4-8)11-18-5-6-19-11/h1-4,11H,5-6H2,(H,12,17)(H,13,14,15,16). The minimum atomic E-state index is -0.421. The zero-order chi connectivity index (χ0) is 13.1. The maximum absolute atomic E-state index is 11.7. The van der Waals surface area contributed by atoms with Gasteiger partial charge in [0.25, 0.3) is 11.7 Å². The van der Waals surface area contributed by atoms with E-state index in [4.69, 9.17) is 9.47 Å². The Labute approximate surface area is 108 Å². The van der Waals surface area contributed by atoms with E-state index in [1.807, 2.05) is 12.1 Å². The van der Waals surface area contributed by atoms with E-state index in [0.717, 1.165) is 5.56 Å². The third kappa shape index (κ3) is 2.59. The Morgan fingerprint density at radius 2 is 2.00 bits per heavy atom. The fraction of sp³-hybridized carbons (Fsp3) is 0.273. The zero-order valence-corrected chi connectivity index (χ0v) is 9.87. The van der Waals surface area contributed by atoms with Gasteiger partial charge in [0.2, 0.25) is 0 Å². The molecule has 1 aliphatic heterocycles. The third-order valence-electron chi connectivity index (χ3n) is 2.61. The van der Waals surface area contributed by atoms with Crippen LogP contribution in [-0.4, -0.2) is 39.7 Å². The van der Waals surface area contributed by atoms with Gasteiger partial charge in [0, 0.05) is 11.3 Å². The Bertz CT molecular complexity index is 548. The van der Waals surface area contributed by atoms with Crippen LogP contribution in [-0.2, 0) is 9.47 Å². The van der Waals surface area contributed by atoms with E-state index in [9.17, 15) is 4.79 Å². The molecule has 1 saturated heterocycles. The highest BCUT2D eigenvalue weighted by molar-refractivity contribution is 6.01. The second-order valence-corrected chi connectivity index (χ2v) is 3.89. The molecule has 0 saturated carbocycles. The van der Waals surface area contributed by atoms with Crippen molar-refractivity contribution in [2.75, 3.05) is 18.5 Å². The summed E-state index contributed by atoms with van der Waals surface area (Å²) in [4.78, 5) is 11.7. The molecular weight excluding hydrogens is 250 g/mol. The minimum absolute atomic E-state index is 0.00784. The molecule has 8 heteroatoms. The molecule has 0 bridgehead atoms. The maximum atomic E-state index is 11.7. The molecule has 0 spiro atoms. The largest absolute Gasteiger partial charge is 0.346 e. The Morgan fingerprint density at radius 3 is 2.63 bits per heavy atom. The average molecular weight is 261 g/mol. The van der Waals surface area contributed by atoms with Crippen molar-refractivity contribution < 1.29 is 14.3 Å². The third-order valence-corrected chi connectivity index (χ3v) is 2.61. The van der Waals surface area contributed by atoms with E-state index in [1.54, 1.807) is 12.1 Å². The second kappa shape index (κ2) is 5.12. The number of aromatic amines is 1. The summed E-state index contributed by atoms with van der Waals surface area (Å²) < 4.78 is 10.8. The Morgan fingerprint density at radius 1 is 1.26 bits per heavy atom. The van der Waals surface area contributed by atoms with E-state index in [-0.39, 0.29) is 12.1 Å². The molecule has 0 aliphatic carbocycles.